The van der Waals surface area contributed by atoms with Gasteiger partial charge in [-0.05, 0) is 36.2 Å². The first-order chi connectivity index (χ1) is 12.6. The third kappa shape index (κ3) is 3.15. The van der Waals surface area contributed by atoms with Crippen LogP contribution in [0.5, 0.6) is 0 Å². The number of nitrogens with zero attached hydrogens (tertiary/aromatic N) is 4. The molecule has 0 saturated carbocycles. The fourth-order valence-corrected chi connectivity index (χ4v) is 2.77. The van der Waals surface area contributed by atoms with Crippen molar-refractivity contribution in [2.24, 2.45) is 0 Å². The zero-order valence-electron chi connectivity index (χ0n) is 14.6. The quantitative estimate of drug-likeness (QED) is 0.599. The second-order valence-corrected chi connectivity index (χ2v) is 6.54. The van der Waals surface area contributed by atoms with Gasteiger partial charge in [0.15, 0.2) is 11.5 Å². The van der Waals surface area contributed by atoms with Crippen molar-refractivity contribution in [3.05, 3.63) is 59.7 Å². The van der Waals surface area contributed by atoms with Crippen LogP contribution in [0.25, 0.3) is 16.6 Å². The van der Waals surface area contributed by atoms with E-state index in [1.807, 2.05) is 24.3 Å². The highest BCUT2D eigenvalue weighted by Gasteiger charge is 2.10. The predicted molar refractivity (Wildman–Crippen MR) is 97.1 cm³/mol. The second-order valence-electron chi connectivity index (χ2n) is 6.54. The zero-order valence-corrected chi connectivity index (χ0v) is 14.6. The molecule has 4 rings (SSSR count). The van der Waals surface area contributed by atoms with Gasteiger partial charge in [0, 0.05) is 18.7 Å². The van der Waals surface area contributed by atoms with E-state index in [0.29, 0.717) is 12.1 Å². The lowest BCUT2D eigenvalue weighted by molar-refractivity contribution is 0.0953. The van der Waals surface area contributed by atoms with E-state index in [0.717, 1.165) is 34.5 Å². The molecule has 0 aliphatic rings. The zero-order chi connectivity index (χ0) is 18.1. The highest BCUT2D eigenvalue weighted by Crippen LogP contribution is 2.22. The first-order valence-corrected chi connectivity index (χ1v) is 8.58. The van der Waals surface area contributed by atoms with Crippen molar-refractivity contribution >= 4 is 22.5 Å². The maximum absolute atomic E-state index is 12.3. The number of fused-ring (bicyclic) bond motifs is 2. The third-order valence-corrected chi connectivity index (χ3v) is 4.22. The fourth-order valence-electron chi connectivity index (χ4n) is 2.77. The Kier molecular flexibility index (Phi) is 4.12. The van der Waals surface area contributed by atoms with Gasteiger partial charge in [-0.15, -0.1) is 5.10 Å². The van der Waals surface area contributed by atoms with Gasteiger partial charge in [0.05, 0.1) is 17.3 Å². The number of nitrogens with one attached hydrogen (secondary N) is 1. The molecule has 26 heavy (non-hydrogen) atoms. The molecule has 7 heteroatoms. The van der Waals surface area contributed by atoms with Crippen LogP contribution < -0.4 is 5.32 Å². The molecule has 0 atom stereocenters. The molecule has 1 N–H and O–H groups in total. The third-order valence-electron chi connectivity index (χ3n) is 4.22. The molecule has 1 aromatic carbocycles. The molecule has 0 saturated heterocycles. The van der Waals surface area contributed by atoms with Crippen molar-refractivity contribution in [2.75, 3.05) is 6.54 Å². The fraction of sp³-hybridized carbons (Fsp3) is 0.263. The van der Waals surface area contributed by atoms with E-state index in [-0.39, 0.29) is 11.8 Å². The Morgan fingerprint density at radius 1 is 1.27 bits per heavy atom. The lowest BCUT2D eigenvalue weighted by atomic mass is 10.1. The summed E-state index contributed by atoms with van der Waals surface area (Å²) in [5.74, 6) is 0.869. The minimum atomic E-state index is -0.132. The van der Waals surface area contributed by atoms with Gasteiger partial charge in [0.25, 0.3) is 5.91 Å². The van der Waals surface area contributed by atoms with Crippen molar-refractivity contribution in [1.82, 2.24) is 25.1 Å². The molecule has 7 nitrogen and oxygen atoms in total. The van der Waals surface area contributed by atoms with Gasteiger partial charge in [-0.1, -0.05) is 25.1 Å². The summed E-state index contributed by atoms with van der Waals surface area (Å²) in [6, 6.07) is 9.54. The molecule has 3 heterocycles. The van der Waals surface area contributed by atoms with E-state index >= 15 is 0 Å². The van der Waals surface area contributed by atoms with E-state index < -0.39 is 0 Å². The number of hydrogen-bond acceptors (Lipinski definition) is 5. The number of carbonyl (C=O) groups is 1. The van der Waals surface area contributed by atoms with Gasteiger partial charge >= 0.3 is 0 Å². The van der Waals surface area contributed by atoms with Crippen molar-refractivity contribution in [3.63, 3.8) is 0 Å². The lowest BCUT2D eigenvalue weighted by Gasteiger charge is -2.05. The molecule has 0 radical (unpaired) electrons. The average molecular weight is 349 g/mol. The summed E-state index contributed by atoms with van der Waals surface area (Å²) < 4.78 is 7.30. The predicted octanol–water partition coefficient (Wildman–Crippen LogP) is 2.97. The van der Waals surface area contributed by atoms with Crippen molar-refractivity contribution < 1.29 is 9.21 Å². The van der Waals surface area contributed by atoms with Gasteiger partial charge in [-0.3, -0.25) is 4.79 Å². The molecule has 1 amide bonds. The minimum Gasteiger partial charge on any atom is -0.440 e. The van der Waals surface area contributed by atoms with E-state index in [1.54, 1.807) is 23.0 Å². The van der Waals surface area contributed by atoms with Gasteiger partial charge in [0.2, 0.25) is 0 Å². The first kappa shape index (κ1) is 16.3. The van der Waals surface area contributed by atoms with Crippen molar-refractivity contribution in [2.45, 2.75) is 26.2 Å². The number of oxazole rings is 1. The van der Waals surface area contributed by atoms with E-state index in [2.05, 4.69) is 34.5 Å². The Hall–Kier alpha value is -3.22. The minimum absolute atomic E-state index is 0.132. The summed E-state index contributed by atoms with van der Waals surface area (Å²) >= 11 is 0. The molecule has 0 bridgehead atoms. The Balaban J connectivity index is 1.40. The van der Waals surface area contributed by atoms with Crippen LogP contribution in [0, 0.1) is 0 Å². The van der Waals surface area contributed by atoms with Crippen LogP contribution in [0.1, 0.15) is 41.6 Å². The Labute approximate surface area is 150 Å². The molecule has 0 spiro atoms. The van der Waals surface area contributed by atoms with Crippen molar-refractivity contribution in [3.8, 4) is 0 Å². The second kappa shape index (κ2) is 6.59. The highest BCUT2D eigenvalue weighted by molar-refractivity contribution is 5.94. The molecule has 0 aliphatic heterocycles. The molecular weight excluding hydrogens is 330 g/mol. The Morgan fingerprint density at radius 2 is 2.15 bits per heavy atom. The maximum Gasteiger partial charge on any atom is 0.252 e. The van der Waals surface area contributed by atoms with Crippen LogP contribution in [0.2, 0.25) is 0 Å². The summed E-state index contributed by atoms with van der Waals surface area (Å²) in [5, 5.41) is 10.6. The molecule has 0 aliphatic carbocycles. The van der Waals surface area contributed by atoms with Gasteiger partial charge < -0.3 is 9.73 Å². The lowest BCUT2D eigenvalue weighted by Crippen LogP contribution is -2.26. The van der Waals surface area contributed by atoms with E-state index in [4.69, 9.17) is 4.42 Å². The average Bonchev–Trinajstić information content (AvgIpc) is 3.27. The summed E-state index contributed by atoms with van der Waals surface area (Å²) in [6.07, 6.45) is 4.04. The number of rotatable bonds is 5. The maximum atomic E-state index is 12.3. The normalized spacial score (nSPS) is 11.5. The van der Waals surface area contributed by atoms with Crippen LogP contribution in [-0.4, -0.2) is 32.3 Å². The van der Waals surface area contributed by atoms with Crippen molar-refractivity contribution in [1.29, 1.82) is 0 Å². The summed E-state index contributed by atoms with van der Waals surface area (Å²) in [4.78, 5) is 16.8. The number of aromatic nitrogens is 4. The monoisotopic (exact) mass is 349 g/mol. The molecule has 0 fully saturated rings. The molecule has 132 valence electrons. The summed E-state index contributed by atoms with van der Waals surface area (Å²) in [5.41, 5.74) is 4.16. The van der Waals surface area contributed by atoms with Crippen LogP contribution in [0.4, 0.5) is 0 Å². The highest BCUT2D eigenvalue weighted by atomic mass is 16.3. The van der Waals surface area contributed by atoms with Gasteiger partial charge in [-0.25, -0.2) is 9.50 Å². The number of hydrogen-bond donors (Lipinski definition) is 1. The largest absolute Gasteiger partial charge is 0.440 e. The van der Waals surface area contributed by atoms with Gasteiger partial charge in [0.1, 0.15) is 5.52 Å². The number of amides is 1. The van der Waals surface area contributed by atoms with Crippen LogP contribution in [-0.2, 0) is 6.42 Å². The molecule has 4 aromatic rings. The topological polar surface area (TPSA) is 85.3 Å². The Bertz CT molecular complexity index is 1080. The smallest absolute Gasteiger partial charge is 0.252 e. The first-order valence-electron chi connectivity index (χ1n) is 8.58. The molecule has 0 unspecified atom stereocenters. The summed E-state index contributed by atoms with van der Waals surface area (Å²) in [7, 11) is 0. The van der Waals surface area contributed by atoms with E-state index in [1.165, 1.54) is 0 Å². The van der Waals surface area contributed by atoms with Crippen LogP contribution in [0.15, 0.2) is 47.1 Å². The van der Waals surface area contributed by atoms with E-state index in [9.17, 15) is 4.79 Å². The number of benzene rings is 1. The SMILES string of the molecule is CC(C)c1nc2cc(CCNC(=O)c3ccc4cnnn4c3)ccc2o1. The number of pyridine rings is 1. The molecular formula is C19H19N5O2. The standard InChI is InChI=1S/C19H19N5O2/c1-12(2)19-22-16-9-13(3-6-17(16)26-19)7-8-20-18(25)14-4-5-15-10-21-23-24(15)11-14/h3-6,9-12H,7-8H2,1-2H3,(H,20,25). The summed E-state index contributed by atoms with van der Waals surface area (Å²) in [6.45, 7) is 4.64. The molecule has 3 aromatic heterocycles. The van der Waals surface area contributed by atoms with Crippen LogP contribution in [0.3, 0.4) is 0 Å². The Morgan fingerprint density at radius 3 is 3.00 bits per heavy atom. The van der Waals surface area contributed by atoms with Crippen LogP contribution >= 0.6 is 0 Å². The van der Waals surface area contributed by atoms with Gasteiger partial charge in [-0.2, -0.15) is 0 Å². The number of carbonyl (C=O) groups excluding carboxylic acids is 1.